The van der Waals surface area contributed by atoms with E-state index in [4.69, 9.17) is 16.7 Å². The maximum Gasteiger partial charge on any atom is 0.339 e. The molecule has 0 unspecified atom stereocenters. The second-order valence-corrected chi connectivity index (χ2v) is 3.88. The molecular formula is C12H8ClFN2O2. The van der Waals surface area contributed by atoms with Crippen LogP contribution in [0.15, 0.2) is 36.7 Å². The first-order valence-electron chi connectivity index (χ1n) is 4.97. The van der Waals surface area contributed by atoms with Crippen LogP contribution in [0.2, 0.25) is 5.02 Å². The van der Waals surface area contributed by atoms with Crippen LogP contribution in [0.4, 0.5) is 15.8 Å². The molecule has 0 saturated heterocycles. The molecule has 0 bridgehead atoms. The first-order chi connectivity index (χ1) is 8.58. The van der Waals surface area contributed by atoms with Crippen molar-refractivity contribution >= 4 is 28.9 Å². The number of pyridine rings is 1. The minimum atomic E-state index is -1.11. The van der Waals surface area contributed by atoms with E-state index in [1.165, 1.54) is 30.6 Å². The van der Waals surface area contributed by atoms with Gasteiger partial charge in [-0.25, -0.2) is 9.18 Å². The standard InChI is InChI=1S/C12H8ClFN2O2/c13-9-5-7(14)1-2-11(9)16-10-3-4-15-6-8(10)12(17)18/h1-6H,(H,15,16)(H,17,18). The average Bonchev–Trinajstić information content (AvgIpc) is 2.33. The van der Waals surface area contributed by atoms with Gasteiger partial charge in [-0.15, -0.1) is 0 Å². The Hall–Kier alpha value is -2.14. The first-order valence-corrected chi connectivity index (χ1v) is 5.35. The molecule has 0 aliphatic carbocycles. The third-order valence-corrected chi connectivity index (χ3v) is 2.56. The van der Waals surface area contributed by atoms with Crippen molar-refractivity contribution in [1.29, 1.82) is 0 Å². The van der Waals surface area contributed by atoms with Gasteiger partial charge in [0.1, 0.15) is 11.4 Å². The normalized spacial score (nSPS) is 10.1. The molecule has 2 aromatic rings. The molecule has 18 heavy (non-hydrogen) atoms. The largest absolute Gasteiger partial charge is 0.478 e. The fourth-order valence-corrected chi connectivity index (χ4v) is 1.62. The van der Waals surface area contributed by atoms with Crippen molar-refractivity contribution in [2.24, 2.45) is 0 Å². The predicted molar refractivity (Wildman–Crippen MR) is 65.9 cm³/mol. The SMILES string of the molecule is O=C(O)c1cnccc1Nc1ccc(F)cc1Cl. The van der Waals surface area contributed by atoms with Gasteiger partial charge in [-0.3, -0.25) is 4.98 Å². The molecule has 0 radical (unpaired) electrons. The van der Waals surface area contributed by atoms with Crippen LogP contribution in [-0.2, 0) is 0 Å². The second kappa shape index (κ2) is 5.01. The lowest BCUT2D eigenvalue weighted by Gasteiger charge is -2.10. The first kappa shape index (κ1) is 12.3. The molecule has 1 aromatic carbocycles. The zero-order valence-corrected chi connectivity index (χ0v) is 9.78. The minimum absolute atomic E-state index is 0.0119. The summed E-state index contributed by atoms with van der Waals surface area (Å²) in [4.78, 5) is 14.7. The Morgan fingerprint density at radius 1 is 1.33 bits per heavy atom. The molecular weight excluding hydrogens is 259 g/mol. The molecule has 6 heteroatoms. The summed E-state index contributed by atoms with van der Waals surface area (Å²) in [7, 11) is 0. The topological polar surface area (TPSA) is 62.2 Å². The van der Waals surface area contributed by atoms with Gasteiger partial charge in [-0.1, -0.05) is 11.6 Å². The number of benzene rings is 1. The number of carbonyl (C=O) groups is 1. The van der Waals surface area contributed by atoms with Crippen molar-refractivity contribution < 1.29 is 14.3 Å². The monoisotopic (exact) mass is 266 g/mol. The molecule has 2 rings (SSSR count). The highest BCUT2D eigenvalue weighted by Crippen LogP contribution is 2.27. The molecule has 0 saturated carbocycles. The van der Waals surface area contributed by atoms with E-state index in [9.17, 15) is 9.18 Å². The molecule has 2 N–H and O–H groups in total. The number of hydrogen-bond acceptors (Lipinski definition) is 3. The number of rotatable bonds is 3. The van der Waals surface area contributed by atoms with Crippen molar-refractivity contribution in [2.45, 2.75) is 0 Å². The van der Waals surface area contributed by atoms with Crippen LogP contribution in [-0.4, -0.2) is 16.1 Å². The molecule has 0 fully saturated rings. The van der Waals surface area contributed by atoms with Crippen molar-refractivity contribution in [3.05, 3.63) is 53.1 Å². The molecule has 0 aliphatic rings. The number of hydrogen-bond donors (Lipinski definition) is 2. The van der Waals surface area contributed by atoms with Crippen LogP contribution in [0.5, 0.6) is 0 Å². The highest BCUT2D eigenvalue weighted by atomic mass is 35.5. The minimum Gasteiger partial charge on any atom is -0.478 e. The Balaban J connectivity index is 2.37. The van der Waals surface area contributed by atoms with Gasteiger partial charge in [-0.2, -0.15) is 0 Å². The van der Waals surface area contributed by atoms with E-state index in [-0.39, 0.29) is 10.6 Å². The van der Waals surface area contributed by atoms with Crippen molar-refractivity contribution in [1.82, 2.24) is 4.98 Å². The van der Waals surface area contributed by atoms with Gasteiger partial charge < -0.3 is 10.4 Å². The quantitative estimate of drug-likeness (QED) is 0.895. The molecule has 1 aromatic heterocycles. The third-order valence-electron chi connectivity index (χ3n) is 2.25. The Labute approximate surface area is 107 Å². The Morgan fingerprint density at radius 3 is 2.78 bits per heavy atom. The lowest BCUT2D eigenvalue weighted by atomic mass is 10.2. The van der Waals surface area contributed by atoms with Crippen LogP contribution in [0.1, 0.15) is 10.4 Å². The molecule has 0 spiro atoms. The summed E-state index contributed by atoms with van der Waals surface area (Å²) in [6, 6.07) is 5.31. The van der Waals surface area contributed by atoms with Gasteiger partial charge >= 0.3 is 5.97 Å². The number of carboxylic acid groups (broad SMARTS) is 1. The highest BCUT2D eigenvalue weighted by molar-refractivity contribution is 6.33. The summed E-state index contributed by atoms with van der Waals surface area (Å²) < 4.78 is 12.9. The van der Waals surface area contributed by atoms with E-state index in [1.807, 2.05) is 0 Å². The molecule has 0 amide bonds. The number of nitrogens with one attached hydrogen (secondary N) is 1. The van der Waals surface area contributed by atoms with E-state index < -0.39 is 11.8 Å². The van der Waals surface area contributed by atoms with Gasteiger partial charge in [-0.05, 0) is 24.3 Å². The maximum atomic E-state index is 12.9. The van der Waals surface area contributed by atoms with Crippen molar-refractivity contribution in [2.75, 3.05) is 5.32 Å². The van der Waals surface area contributed by atoms with Gasteiger partial charge in [0.05, 0.1) is 16.4 Å². The van der Waals surface area contributed by atoms with Crippen LogP contribution < -0.4 is 5.32 Å². The number of anilines is 2. The zero-order chi connectivity index (χ0) is 13.1. The van der Waals surface area contributed by atoms with Gasteiger partial charge in [0.2, 0.25) is 0 Å². The second-order valence-electron chi connectivity index (χ2n) is 3.48. The Morgan fingerprint density at radius 2 is 2.11 bits per heavy atom. The summed E-state index contributed by atoms with van der Waals surface area (Å²) in [6.45, 7) is 0. The highest BCUT2D eigenvalue weighted by Gasteiger charge is 2.11. The lowest BCUT2D eigenvalue weighted by Crippen LogP contribution is -2.03. The molecule has 0 aliphatic heterocycles. The smallest absolute Gasteiger partial charge is 0.339 e. The summed E-state index contributed by atoms with van der Waals surface area (Å²) in [5, 5.41) is 12.0. The van der Waals surface area contributed by atoms with E-state index in [1.54, 1.807) is 0 Å². The Bertz CT molecular complexity index is 604. The summed E-state index contributed by atoms with van der Waals surface area (Å²) in [5.74, 6) is -1.57. The zero-order valence-electron chi connectivity index (χ0n) is 9.02. The fourth-order valence-electron chi connectivity index (χ4n) is 1.41. The van der Waals surface area contributed by atoms with Crippen LogP contribution in [0.3, 0.4) is 0 Å². The van der Waals surface area contributed by atoms with E-state index in [0.717, 1.165) is 6.07 Å². The van der Waals surface area contributed by atoms with Gasteiger partial charge in [0.15, 0.2) is 0 Å². The third kappa shape index (κ3) is 2.57. The lowest BCUT2D eigenvalue weighted by molar-refractivity contribution is 0.0697. The number of nitrogens with zero attached hydrogens (tertiary/aromatic N) is 1. The van der Waals surface area contributed by atoms with Crippen molar-refractivity contribution in [3.8, 4) is 0 Å². The fraction of sp³-hybridized carbons (Fsp3) is 0. The summed E-state index contributed by atoms with van der Waals surface area (Å²) >= 11 is 5.85. The number of carboxylic acids is 1. The maximum absolute atomic E-state index is 12.9. The van der Waals surface area contributed by atoms with Crippen LogP contribution in [0.25, 0.3) is 0 Å². The summed E-state index contributed by atoms with van der Waals surface area (Å²) in [6.07, 6.45) is 2.67. The molecule has 0 atom stereocenters. The number of halogens is 2. The number of aromatic nitrogens is 1. The summed E-state index contributed by atoms with van der Waals surface area (Å²) in [5.41, 5.74) is 0.774. The van der Waals surface area contributed by atoms with Crippen molar-refractivity contribution in [3.63, 3.8) is 0 Å². The van der Waals surface area contributed by atoms with E-state index in [0.29, 0.717) is 11.4 Å². The van der Waals surface area contributed by atoms with Gasteiger partial charge in [0.25, 0.3) is 0 Å². The van der Waals surface area contributed by atoms with Crippen LogP contribution >= 0.6 is 11.6 Å². The van der Waals surface area contributed by atoms with E-state index in [2.05, 4.69) is 10.3 Å². The predicted octanol–water partition coefficient (Wildman–Crippen LogP) is 3.32. The Kier molecular flexibility index (Phi) is 3.43. The number of aromatic carboxylic acids is 1. The van der Waals surface area contributed by atoms with E-state index >= 15 is 0 Å². The van der Waals surface area contributed by atoms with Gasteiger partial charge in [0, 0.05) is 12.4 Å². The molecule has 92 valence electrons. The molecule has 4 nitrogen and oxygen atoms in total. The van der Waals surface area contributed by atoms with Crippen LogP contribution in [0, 0.1) is 5.82 Å². The average molecular weight is 267 g/mol. The molecule has 1 heterocycles.